The summed E-state index contributed by atoms with van der Waals surface area (Å²) in [5.74, 6) is 0.710. The molecule has 2 aromatic carbocycles. The number of carbonyl (C=O) groups excluding carboxylic acids is 1. The Morgan fingerprint density at radius 1 is 0.878 bits per heavy atom. The molecule has 1 aromatic heterocycles. The van der Waals surface area contributed by atoms with Crippen LogP contribution in [0.2, 0.25) is 0 Å². The van der Waals surface area contributed by atoms with Gasteiger partial charge in [-0.1, -0.05) is 128 Å². The number of benzene rings is 2. The van der Waals surface area contributed by atoms with Gasteiger partial charge in [0, 0.05) is 16.8 Å². The van der Waals surface area contributed by atoms with Gasteiger partial charge in [-0.15, -0.1) is 0 Å². The van der Waals surface area contributed by atoms with E-state index in [0.717, 1.165) is 35.5 Å². The first-order chi connectivity index (χ1) is 19.4. The van der Waals surface area contributed by atoms with Crippen molar-refractivity contribution < 1.29 is 31.1 Å². The van der Waals surface area contributed by atoms with Gasteiger partial charge in [-0.3, -0.25) is 4.79 Å². The maximum Gasteiger partial charge on any atom is 0.255 e. The normalized spacial score (nSPS) is 11.2. The molecule has 0 radical (unpaired) electrons. The Morgan fingerprint density at radius 3 is 2.15 bits per heavy atom. The van der Waals surface area contributed by atoms with E-state index in [-0.39, 0.29) is 28.3 Å². The second-order valence-electron chi connectivity index (χ2n) is 12.1. The number of hydrogen-bond donors (Lipinski definition) is 1. The summed E-state index contributed by atoms with van der Waals surface area (Å²) in [7, 11) is 0. The maximum absolute atomic E-state index is 13.2. The number of thiazole rings is 1. The largest absolute Gasteiger partial charge is 1.00 e. The SMILES string of the molecule is CCCCCCCCCCCCCCOc1cc(C(=O)Nc2cccc(C[n+]3ccsc3)c2)ccc1C(C)(C)C.[Br-]. The highest BCUT2D eigenvalue weighted by molar-refractivity contribution is 7.07. The third-order valence-corrected chi connectivity index (χ3v) is 8.06. The van der Waals surface area contributed by atoms with Gasteiger partial charge in [-0.25, -0.2) is 0 Å². The van der Waals surface area contributed by atoms with Crippen LogP contribution in [0.25, 0.3) is 0 Å². The van der Waals surface area contributed by atoms with E-state index in [4.69, 9.17) is 4.74 Å². The molecule has 1 amide bonds. The summed E-state index contributed by atoms with van der Waals surface area (Å²) in [6.07, 6.45) is 18.0. The predicted molar refractivity (Wildman–Crippen MR) is 170 cm³/mol. The Hall–Kier alpha value is -2.18. The van der Waals surface area contributed by atoms with Gasteiger partial charge in [-0.05, 0) is 41.7 Å². The van der Waals surface area contributed by atoms with E-state index in [2.05, 4.69) is 66.8 Å². The number of nitrogens with zero attached hydrogens (tertiary/aromatic N) is 1. The highest BCUT2D eigenvalue weighted by atomic mass is 79.9. The van der Waals surface area contributed by atoms with Gasteiger partial charge >= 0.3 is 0 Å². The van der Waals surface area contributed by atoms with Crippen LogP contribution in [0, 0.1) is 0 Å². The molecule has 0 saturated carbocycles. The molecule has 6 heteroatoms. The van der Waals surface area contributed by atoms with Gasteiger partial charge in [0.05, 0.1) is 12.0 Å². The lowest BCUT2D eigenvalue weighted by Crippen LogP contribution is -3.00. The number of ether oxygens (including phenoxy) is 1. The highest BCUT2D eigenvalue weighted by Crippen LogP contribution is 2.32. The minimum absolute atomic E-state index is 0. The number of rotatable bonds is 18. The van der Waals surface area contributed by atoms with Crippen LogP contribution in [-0.4, -0.2) is 12.5 Å². The Kier molecular flexibility index (Phi) is 16.3. The number of hydrogen-bond acceptors (Lipinski definition) is 3. The van der Waals surface area contributed by atoms with Crippen molar-refractivity contribution in [2.75, 3.05) is 11.9 Å². The summed E-state index contributed by atoms with van der Waals surface area (Å²) < 4.78 is 8.43. The van der Waals surface area contributed by atoms with Crippen molar-refractivity contribution in [3.05, 3.63) is 76.2 Å². The van der Waals surface area contributed by atoms with Gasteiger partial charge in [0.25, 0.3) is 5.91 Å². The molecular formula is C35H51BrN2O2S. The fourth-order valence-electron chi connectivity index (χ4n) is 5.04. The van der Waals surface area contributed by atoms with Crippen LogP contribution >= 0.6 is 11.3 Å². The van der Waals surface area contributed by atoms with Crippen LogP contribution in [-0.2, 0) is 12.0 Å². The topological polar surface area (TPSA) is 42.2 Å². The van der Waals surface area contributed by atoms with E-state index in [1.165, 1.54) is 70.6 Å². The standard InChI is InChI=1S/C35H50N2O2S.BrH/c1-5-6-7-8-9-10-11-12-13-14-15-16-23-39-33-26-30(20-21-32(33)35(2,3)4)34(38)36-31-19-17-18-29(25-31)27-37-22-24-40-28-37;/h17-22,24-26,28H,5-16,23,27H2,1-4H3;1H. The van der Waals surface area contributed by atoms with E-state index in [1.807, 2.05) is 30.3 Å². The summed E-state index contributed by atoms with van der Waals surface area (Å²) in [6.45, 7) is 10.3. The average Bonchev–Trinajstić information content (AvgIpc) is 3.44. The maximum atomic E-state index is 13.2. The molecule has 3 rings (SSSR count). The number of halogens is 1. The van der Waals surface area contributed by atoms with Crippen molar-refractivity contribution in [2.24, 2.45) is 0 Å². The number of aromatic nitrogens is 1. The van der Waals surface area contributed by atoms with Crippen molar-refractivity contribution in [1.29, 1.82) is 0 Å². The number of amides is 1. The van der Waals surface area contributed by atoms with E-state index in [1.54, 1.807) is 11.3 Å². The molecule has 0 aliphatic carbocycles. The van der Waals surface area contributed by atoms with Crippen LogP contribution in [0.15, 0.2) is 59.6 Å². The minimum atomic E-state index is -0.115. The highest BCUT2D eigenvalue weighted by Gasteiger charge is 2.21. The van der Waals surface area contributed by atoms with Crippen molar-refractivity contribution in [3.8, 4) is 5.75 Å². The lowest BCUT2D eigenvalue weighted by atomic mass is 9.85. The molecule has 0 unspecified atom stereocenters. The second-order valence-corrected chi connectivity index (χ2v) is 12.8. The third-order valence-electron chi connectivity index (χ3n) is 7.38. The molecule has 0 aliphatic rings. The van der Waals surface area contributed by atoms with Gasteiger partial charge in [-0.2, -0.15) is 4.57 Å². The molecule has 41 heavy (non-hydrogen) atoms. The van der Waals surface area contributed by atoms with Crippen molar-refractivity contribution >= 4 is 22.9 Å². The minimum Gasteiger partial charge on any atom is -1.00 e. The molecule has 3 aromatic rings. The predicted octanol–water partition coefficient (Wildman–Crippen LogP) is 6.72. The summed E-state index contributed by atoms with van der Waals surface area (Å²) in [5, 5.41) is 5.14. The van der Waals surface area contributed by atoms with Crippen molar-refractivity contribution in [2.45, 2.75) is 117 Å². The van der Waals surface area contributed by atoms with Gasteiger partial charge in [0.1, 0.15) is 5.75 Å². The quantitative estimate of drug-likeness (QED) is 0.124. The first-order valence-corrected chi connectivity index (χ1v) is 16.4. The fourth-order valence-corrected chi connectivity index (χ4v) is 5.64. The van der Waals surface area contributed by atoms with Crippen LogP contribution in [0.4, 0.5) is 5.69 Å². The smallest absolute Gasteiger partial charge is 0.255 e. The monoisotopic (exact) mass is 642 g/mol. The number of anilines is 1. The summed E-state index contributed by atoms with van der Waals surface area (Å²) in [5.41, 5.74) is 5.73. The van der Waals surface area contributed by atoms with Gasteiger partial charge < -0.3 is 27.0 Å². The number of carbonyl (C=O) groups is 1. The lowest BCUT2D eigenvalue weighted by molar-refractivity contribution is -0.683. The first-order valence-electron chi connectivity index (χ1n) is 15.5. The van der Waals surface area contributed by atoms with Gasteiger partial charge in [0.2, 0.25) is 5.51 Å². The van der Waals surface area contributed by atoms with E-state index in [0.29, 0.717) is 12.2 Å². The molecule has 226 valence electrons. The molecule has 1 N–H and O–H groups in total. The van der Waals surface area contributed by atoms with Crippen LogP contribution in [0.3, 0.4) is 0 Å². The molecule has 0 bridgehead atoms. The Labute approximate surface area is 263 Å². The lowest BCUT2D eigenvalue weighted by Gasteiger charge is -2.23. The zero-order valence-corrected chi connectivity index (χ0v) is 28.1. The molecular weight excluding hydrogens is 592 g/mol. The summed E-state index contributed by atoms with van der Waals surface area (Å²) >= 11 is 1.67. The fraction of sp³-hybridized carbons (Fsp3) is 0.543. The zero-order chi connectivity index (χ0) is 28.6. The number of nitrogens with one attached hydrogen (secondary N) is 1. The van der Waals surface area contributed by atoms with Crippen LogP contribution < -0.4 is 31.6 Å². The molecule has 0 spiro atoms. The summed E-state index contributed by atoms with van der Waals surface area (Å²) in [6, 6.07) is 13.9. The molecule has 4 nitrogen and oxygen atoms in total. The zero-order valence-electron chi connectivity index (χ0n) is 25.7. The van der Waals surface area contributed by atoms with Crippen LogP contribution in [0.5, 0.6) is 5.75 Å². The molecule has 0 atom stereocenters. The summed E-state index contributed by atoms with van der Waals surface area (Å²) in [4.78, 5) is 13.2. The molecule has 0 aliphatic heterocycles. The second kappa shape index (κ2) is 19.1. The van der Waals surface area contributed by atoms with E-state index >= 15 is 0 Å². The van der Waals surface area contributed by atoms with E-state index < -0.39 is 0 Å². The molecule has 0 fully saturated rings. The Morgan fingerprint density at radius 2 is 1.54 bits per heavy atom. The molecule has 1 heterocycles. The number of unbranched alkanes of at least 4 members (excludes halogenated alkanes) is 11. The first kappa shape index (κ1) is 35.0. The average molecular weight is 644 g/mol. The van der Waals surface area contributed by atoms with Gasteiger partial charge in [0.15, 0.2) is 12.7 Å². The third kappa shape index (κ3) is 13.1. The van der Waals surface area contributed by atoms with Crippen molar-refractivity contribution in [3.63, 3.8) is 0 Å². The van der Waals surface area contributed by atoms with Crippen molar-refractivity contribution in [1.82, 2.24) is 0 Å². The Bertz CT molecular complexity index is 1140. The van der Waals surface area contributed by atoms with E-state index in [9.17, 15) is 4.79 Å². The van der Waals surface area contributed by atoms with Crippen LogP contribution in [0.1, 0.15) is 126 Å². The Balaban J connectivity index is 0.00000588. The molecule has 0 saturated heterocycles.